The minimum Gasteiger partial charge on any atom is -0.309 e. The fourth-order valence-corrected chi connectivity index (χ4v) is 8.84. The molecule has 0 fully saturated rings. The van der Waals surface area contributed by atoms with Gasteiger partial charge in [0.25, 0.3) is 0 Å². The summed E-state index contributed by atoms with van der Waals surface area (Å²) in [5, 5.41) is 12.2. The van der Waals surface area contributed by atoms with Gasteiger partial charge in [-0.25, -0.2) is 9.97 Å². The van der Waals surface area contributed by atoms with E-state index in [2.05, 4.69) is 179 Å². The van der Waals surface area contributed by atoms with E-state index in [0.717, 1.165) is 44.8 Å². The molecule has 0 radical (unpaired) electrons. The topological polar surface area (TPSA) is 35.6 Å². The van der Waals surface area contributed by atoms with Gasteiger partial charge in [-0.15, -0.1) is 0 Å². The Hall–Kier alpha value is -7.30. The molecule has 0 unspecified atom stereocenters. The minimum atomic E-state index is 0.813. The number of aromatic nitrogens is 4. The predicted molar refractivity (Wildman–Crippen MR) is 226 cm³/mol. The molecule has 54 heavy (non-hydrogen) atoms. The van der Waals surface area contributed by atoms with Crippen molar-refractivity contribution in [3.63, 3.8) is 0 Å². The Bertz CT molecular complexity index is 3460. The SMILES string of the molecule is c1ccc2c(c1)ccc1ccc(-c3nc4ccccc4nc3-n3c4ccc(-n5c6ccccc6c6ccccc65)cc4c4c5ccccc5ccc43)cc12. The van der Waals surface area contributed by atoms with Crippen LogP contribution in [0.2, 0.25) is 0 Å². The molecule has 3 heterocycles. The van der Waals surface area contributed by atoms with Crippen LogP contribution in [0.3, 0.4) is 0 Å². The Balaban J connectivity index is 1.20. The van der Waals surface area contributed by atoms with Gasteiger partial charge in [-0.1, -0.05) is 127 Å². The van der Waals surface area contributed by atoms with Gasteiger partial charge in [0, 0.05) is 32.8 Å². The highest BCUT2D eigenvalue weighted by Gasteiger charge is 2.22. The molecule has 250 valence electrons. The average Bonchev–Trinajstić information content (AvgIpc) is 3.76. The average molecular weight is 687 g/mol. The maximum absolute atomic E-state index is 5.47. The van der Waals surface area contributed by atoms with Crippen molar-refractivity contribution in [1.82, 2.24) is 19.1 Å². The molecule has 4 heteroatoms. The second-order valence-electron chi connectivity index (χ2n) is 14.2. The largest absolute Gasteiger partial charge is 0.309 e. The zero-order valence-electron chi connectivity index (χ0n) is 29.1. The van der Waals surface area contributed by atoms with Crippen LogP contribution in [-0.2, 0) is 0 Å². The number of benzene rings is 9. The summed E-state index contributed by atoms with van der Waals surface area (Å²) in [6.07, 6.45) is 0. The lowest BCUT2D eigenvalue weighted by Crippen LogP contribution is -2.04. The van der Waals surface area contributed by atoms with Crippen LogP contribution in [0.15, 0.2) is 182 Å². The Morgan fingerprint density at radius 2 is 0.870 bits per heavy atom. The zero-order valence-corrected chi connectivity index (χ0v) is 29.1. The summed E-state index contributed by atoms with van der Waals surface area (Å²) in [7, 11) is 0. The van der Waals surface area contributed by atoms with Gasteiger partial charge in [0.05, 0.1) is 33.1 Å². The molecule has 0 aliphatic rings. The number of fused-ring (bicyclic) bond motifs is 12. The van der Waals surface area contributed by atoms with E-state index in [1.165, 1.54) is 64.9 Å². The fourth-order valence-electron chi connectivity index (χ4n) is 8.84. The molecule has 0 saturated heterocycles. The summed E-state index contributed by atoms with van der Waals surface area (Å²) in [4.78, 5) is 10.9. The van der Waals surface area contributed by atoms with Crippen LogP contribution in [0, 0.1) is 0 Å². The van der Waals surface area contributed by atoms with Crippen LogP contribution in [0.25, 0.3) is 110 Å². The van der Waals surface area contributed by atoms with Crippen LogP contribution in [0.1, 0.15) is 0 Å². The number of para-hydroxylation sites is 4. The molecule has 4 nitrogen and oxygen atoms in total. The maximum atomic E-state index is 5.47. The molecule has 12 aromatic rings. The Labute approximate surface area is 309 Å². The third-order valence-electron chi connectivity index (χ3n) is 11.3. The van der Waals surface area contributed by atoms with Crippen LogP contribution in [0.4, 0.5) is 0 Å². The number of rotatable bonds is 3. The van der Waals surface area contributed by atoms with Gasteiger partial charge >= 0.3 is 0 Å². The fraction of sp³-hybridized carbons (Fsp3) is 0. The van der Waals surface area contributed by atoms with Crippen molar-refractivity contribution in [2.75, 3.05) is 0 Å². The monoisotopic (exact) mass is 686 g/mol. The van der Waals surface area contributed by atoms with E-state index in [4.69, 9.17) is 9.97 Å². The second-order valence-corrected chi connectivity index (χ2v) is 14.2. The molecular weight excluding hydrogens is 657 g/mol. The van der Waals surface area contributed by atoms with Gasteiger partial charge in [0.2, 0.25) is 0 Å². The number of hydrogen-bond acceptors (Lipinski definition) is 2. The molecule has 0 spiro atoms. The first kappa shape index (κ1) is 29.3. The summed E-state index contributed by atoms with van der Waals surface area (Å²) < 4.78 is 4.74. The summed E-state index contributed by atoms with van der Waals surface area (Å²) >= 11 is 0. The van der Waals surface area contributed by atoms with E-state index in [0.29, 0.717) is 0 Å². The van der Waals surface area contributed by atoms with Crippen LogP contribution in [-0.4, -0.2) is 19.1 Å². The first-order valence-corrected chi connectivity index (χ1v) is 18.4. The molecule has 0 aliphatic carbocycles. The molecule has 3 aromatic heterocycles. The Morgan fingerprint density at radius 3 is 1.63 bits per heavy atom. The molecule has 0 bridgehead atoms. The molecule has 0 atom stereocenters. The van der Waals surface area contributed by atoms with Crippen molar-refractivity contribution in [3.8, 4) is 22.8 Å². The third-order valence-corrected chi connectivity index (χ3v) is 11.3. The summed E-state index contributed by atoms with van der Waals surface area (Å²) in [6, 6.07) is 65.4. The van der Waals surface area contributed by atoms with Crippen LogP contribution >= 0.6 is 0 Å². The molecule has 0 saturated carbocycles. The van der Waals surface area contributed by atoms with Crippen LogP contribution < -0.4 is 0 Å². The van der Waals surface area contributed by atoms with Gasteiger partial charge in [-0.2, -0.15) is 0 Å². The van der Waals surface area contributed by atoms with Crippen molar-refractivity contribution >= 4 is 87.0 Å². The van der Waals surface area contributed by atoms with E-state index in [9.17, 15) is 0 Å². The van der Waals surface area contributed by atoms with Crippen molar-refractivity contribution in [1.29, 1.82) is 0 Å². The van der Waals surface area contributed by atoms with E-state index in [1.807, 2.05) is 12.1 Å². The maximum Gasteiger partial charge on any atom is 0.165 e. The normalized spacial score (nSPS) is 12.1. The highest BCUT2D eigenvalue weighted by Crippen LogP contribution is 2.41. The van der Waals surface area contributed by atoms with Crippen molar-refractivity contribution in [3.05, 3.63) is 182 Å². The third kappa shape index (κ3) is 4.13. The van der Waals surface area contributed by atoms with Gasteiger partial charge in [0.15, 0.2) is 5.82 Å². The highest BCUT2D eigenvalue weighted by atomic mass is 15.1. The van der Waals surface area contributed by atoms with E-state index < -0.39 is 0 Å². The summed E-state index contributed by atoms with van der Waals surface area (Å²) in [5.41, 5.74) is 9.30. The van der Waals surface area contributed by atoms with Gasteiger partial charge in [0.1, 0.15) is 5.69 Å². The quantitative estimate of drug-likeness (QED) is 0.173. The molecule has 0 amide bonds. The van der Waals surface area contributed by atoms with E-state index >= 15 is 0 Å². The lowest BCUT2D eigenvalue weighted by molar-refractivity contribution is 1.08. The lowest BCUT2D eigenvalue weighted by Gasteiger charge is -2.15. The first-order chi connectivity index (χ1) is 26.8. The Morgan fingerprint density at radius 1 is 0.333 bits per heavy atom. The molecule has 12 rings (SSSR count). The minimum absolute atomic E-state index is 0.813. The summed E-state index contributed by atoms with van der Waals surface area (Å²) in [6.45, 7) is 0. The zero-order chi connectivity index (χ0) is 35.3. The van der Waals surface area contributed by atoms with Crippen molar-refractivity contribution in [2.24, 2.45) is 0 Å². The number of nitrogens with zero attached hydrogens (tertiary/aromatic N) is 4. The Kier molecular flexibility index (Phi) is 6.02. The smallest absolute Gasteiger partial charge is 0.165 e. The second kappa shape index (κ2) is 11.1. The molecule has 0 N–H and O–H groups in total. The van der Waals surface area contributed by atoms with E-state index in [1.54, 1.807) is 0 Å². The standard InChI is InChI=1S/C50H30N4/c1-3-13-36-31(11-1)21-22-33-23-24-34(29-40(33)36)49-50(52-43-18-8-7-17-42(43)51-49)54-46-28-26-35(30-41(46)48-37-14-4-2-12-32(37)25-27-47(48)54)53-44-19-9-5-15-38(44)39-16-6-10-20-45(39)53/h1-30H. The van der Waals surface area contributed by atoms with Gasteiger partial charge < -0.3 is 4.57 Å². The van der Waals surface area contributed by atoms with Crippen molar-refractivity contribution in [2.45, 2.75) is 0 Å². The first-order valence-electron chi connectivity index (χ1n) is 18.4. The number of hydrogen-bond donors (Lipinski definition) is 0. The van der Waals surface area contributed by atoms with Crippen LogP contribution in [0.5, 0.6) is 0 Å². The molecule has 9 aromatic carbocycles. The molecular formula is C50H30N4. The lowest BCUT2D eigenvalue weighted by atomic mass is 9.99. The van der Waals surface area contributed by atoms with Gasteiger partial charge in [-0.05, 0) is 86.9 Å². The molecule has 0 aliphatic heterocycles. The van der Waals surface area contributed by atoms with E-state index in [-0.39, 0.29) is 0 Å². The van der Waals surface area contributed by atoms with Crippen molar-refractivity contribution < 1.29 is 0 Å². The summed E-state index contributed by atoms with van der Waals surface area (Å²) in [5.74, 6) is 0.813. The van der Waals surface area contributed by atoms with Gasteiger partial charge in [-0.3, -0.25) is 4.57 Å². The predicted octanol–water partition coefficient (Wildman–Crippen LogP) is 13.0. The highest BCUT2D eigenvalue weighted by molar-refractivity contribution is 6.22.